The summed E-state index contributed by atoms with van der Waals surface area (Å²) < 4.78 is 34.0. The molecule has 1 aliphatic heterocycles. The smallest absolute Gasteiger partial charge is 0.243 e. The van der Waals surface area contributed by atoms with E-state index in [1.54, 1.807) is 36.8 Å². The maximum Gasteiger partial charge on any atom is 0.243 e. The van der Waals surface area contributed by atoms with Gasteiger partial charge < -0.3 is 14.6 Å². The van der Waals surface area contributed by atoms with Crippen LogP contribution in [0.1, 0.15) is 19.3 Å². The third-order valence-corrected chi connectivity index (χ3v) is 6.89. The minimum absolute atomic E-state index is 0.00660. The summed E-state index contributed by atoms with van der Waals surface area (Å²) in [4.78, 5) is 16.6. The molecular weight excluding hydrogens is 380 g/mol. The second-order valence-electron chi connectivity index (χ2n) is 6.80. The number of nitrogens with one attached hydrogen (secondary N) is 1. The molecule has 2 heterocycles. The molecular formula is C19H26N4O4S. The van der Waals surface area contributed by atoms with Crippen molar-refractivity contribution >= 4 is 15.9 Å². The van der Waals surface area contributed by atoms with Crippen molar-refractivity contribution in [2.75, 3.05) is 26.7 Å². The number of aromatic nitrogens is 2. The molecule has 1 N–H and O–H groups in total. The van der Waals surface area contributed by atoms with Crippen molar-refractivity contribution < 1.29 is 17.9 Å². The van der Waals surface area contributed by atoms with E-state index in [4.69, 9.17) is 4.74 Å². The Labute approximate surface area is 165 Å². The van der Waals surface area contributed by atoms with Crippen LogP contribution in [0.15, 0.2) is 47.9 Å². The maximum absolute atomic E-state index is 12.8. The van der Waals surface area contributed by atoms with Gasteiger partial charge in [0.1, 0.15) is 5.75 Å². The van der Waals surface area contributed by atoms with Gasteiger partial charge in [0.05, 0.1) is 18.3 Å². The fraction of sp³-hybridized carbons (Fsp3) is 0.474. The van der Waals surface area contributed by atoms with Crippen LogP contribution in [0.5, 0.6) is 5.75 Å². The van der Waals surface area contributed by atoms with E-state index in [0.29, 0.717) is 38.2 Å². The van der Waals surface area contributed by atoms with Gasteiger partial charge in [0.15, 0.2) is 0 Å². The Kier molecular flexibility index (Phi) is 6.69. The number of nitrogens with zero attached hydrogens (tertiary/aromatic N) is 3. The number of amides is 1. The summed E-state index contributed by atoms with van der Waals surface area (Å²) in [5.74, 6) is 0.477. The molecule has 1 saturated heterocycles. The van der Waals surface area contributed by atoms with Gasteiger partial charge >= 0.3 is 0 Å². The number of aryl methyl sites for hydroxylation is 1. The van der Waals surface area contributed by atoms with Gasteiger partial charge in [-0.3, -0.25) is 4.79 Å². The Morgan fingerprint density at radius 1 is 1.25 bits per heavy atom. The fourth-order valence-electron chi connectivity index (χ4n) is 3.29. The molecule has 152 valence electrons. The Morgan fingerprint density at radius 2 is 1.96 bits per heavy atom. The van der Waals surface area contributed by atoms with Crippen LogP contribution in [0.4, 0.5) is 0 Å². The highest BCUT2D eigenvalue weighted by atomic mass is 32.2. The summed E-state index contributed by atoms with van der Waals surface area (Å²) >= 11 is 0. The average molecular weight is 407 g/mol. The first-order chi connectivity index (χ1) is 13.5. The maximum atomic E-state index is 12.8. The quantitative estimate of drug-likeness (QED) is 0.671. The number of carbonyl (C=O) groups is 1. The van der Waals surface area contributed by atoms with Crippen LogP contribution in [0, 0.1) is 5.92 Å². The molecule has 8 nitrogen and oxygen atoms in total. The minimum Gasteiger partial charge on any atom is -0.497 e. The lowest BCUT2D eigenvalue weighted by atomic mass is 9.97. The van der Waals surface area contributed by atoms with Crippen molar-refractivity contribution in [2.45, 2.75) is 30.7 Å². The molecule has 0 spiro atoms. The zero-order valence-corrected chi connectivity index (χ0v) is 16.8. The van der Waals surface area contributed by atoms with Gasteiger partial charge in [-0.25, -0.2) is 13.4 Å². The third kappa shape index (κ3) is 4.90. The number of sulfonamides is 1. The van der Waals surface area contributed by atoms with Gasteiger partial charge in [0, 0.05) is 44.5 Å². The number of rotatable bonds is 8. The molecule has 1 aliphatic rings. The third-order valence-electron chi connectivity index (χ3n) is 4.97. The van der Waals surface area contributed by atoms with E-state index in [9.17, 15) is 13.2 Å². The van der Waals surface area contributed by atoms with Crippen LogP contribution in [0.3, 0.4) is 0 Å². The fourth-order valence-corrected chi connectivity index (χ4v) is 4.76. The normalized spacial score (nSPS) is 16.0. The number of piperidine rings is 1. The average Bonchev–Trinajstić information content (AvgIpc) is 3.25. The molecule has 0 unspecified atom stereocenters. The second kappa shape index (κ2) is 9.20. The zero-order valence-electron chi connectivity index (χ0n) is 16.0. The van der Waals surface area contributed by atoms with Crippen molar-refractivity contribution in [3.8, 4) is 5.75 Å². The molecule has 1 aromatic heterocycles. The number of benzene rings is 1. The largest absolute Gasteiger partial charge is 0.497 e. The number of imidazole rings is 1. The highest BCUT2D eigenvalue weighted by Gasteiger charge is 2.31. The van der Waals surface area contributed by atoms with E-state index in [-0.39, 0.29) is 16.7 Å². The second-order valence-corrected chi connectivity index (χ2v) is 8.74. The van der Waals surface area contributed by atoms with Crippen LogP contribution in [0.2, 0.25) is 0 Å². The zero-order chi connectivity index (χ0) is 20.0. The highest BCUT2D eigenvalue weighted by Crippen LogP contribution is 2.25. The summed E-state index contributed by atoms with van der Waals surface area (Å²) in [6.07, 6.45) is 7.26. The molecule has 1 aromatic carbocycles. The lowest BCUT2D eigenvalue weighted by Crippen LogP contribution is -2.43. The lowest BCUT2D eigenvalue weighted by Gasteiger charge is -2.30. The number of hydrogen-bond donors (Lipinski definition) is 1. The topological polar surface area (TPSA) is 93.5 Å². The van der Waals surface area contributed by atoms with E-state index in [0.717, 1.165) is 13.0 Å². The Balaban J connectivity index is 1.45. The van der Waals surface area contributed by atoms with E-state index < -0.39 is 10.0 Å². The molecule has 0 radical (unpaired) electrons. The number of ether oxygens (including phenoxy) is 1. The van der Waals surface area contributed by atoms with Crippen molar-refractivity contribution in [3.63, 3.8) is 0 Å². The number of hydrogen-bond acceptors (Lipinski definition) is 5. The number of methoxy groups -OCH3 is 1. The Hall–Kier alpha value is -2.39. The van der Waals surface area contributed by atoms with Crippen LogP contribution < -0.4 is 10.1 Å². The standard InChI is InChI=1S/C19H26N4O4S/c1-27-17-3-5-18(6-4-17)28(25,26)23-12-7-16(8-13-23)19(24)21-9-2-11-22-14-10-20-15-22/h3-6,10,14-16H,2,7-9,11-13H2,1H3,(H,21,24). The molecule has 1 fully saturated rings. The van der Waals surface area contributed by atoms with Gasteiger partial charge in [0.25, 0.3) is 0 Å². The monoisotopic (exact) mass is 406 g/mol. The molecule has 9 heteroatoms. The van der Waals surface area contributed by atoms with Crippen LogP contribution in [-0.2, 0) is 21.4 Å². The SMILES string of the molecule is COc1ccc(S(=O)(=O)N2CCC(C(=O)NCCCn3ccnc3)CC2)cc1. The molecule has 2 aromatic rings. The molecule has 28 heavy (non-hydrogen) atoms. The predicted octanol–water partition coefficient (Wildman–Crippen LogP) is 1.50. The Morgan fingerprint density at radius 3 is 2.57 bits per heavy atom. The van der Waals surface area contributed by atoms with E-state index >= 15 is 0 Å². The first-order valence-electron chi connectivity index (χ1n) is 9.38. The molecule has 0 atom stereocenters. The molecule has 1 amide bonds. The lowest BCUT2D eigenvalue weighted by molar-refractivity contribution is -0.126. The summed E-state index contributed by atoms with van der Waals surface area (Å²) in [6, 6.07) is 6.37. The van der Waals surface area contributed by atoms with Gasteiger partial charge in [0.2, 0.25) is 15.9 Å². The number of carbonyl (C=O) groups excluding carboxylic acids is 1. The van der Waals surface area contributed by atoms with Crippen LogP contribution in [-0.4, -0.2) is 54.9 Å². The van der Waals surface area contributed by atoms with Crippen molar-refractivity contribution in [3.05, 3.63) is 43.0 Å². The van der Waals surface area contributed by atoms with Crippen LogP contribution >= 0.6 is 0 Å². The van der Waals surface area contributed by atoms with E-state index in [1.807, 2.05) is 10.8 Å². The Bertz CT molecular complexity index is 858. The van der Waals surface area contributed by atoms with Crippen molar-refractivity contribution in [1.29, 1.82) is 0 Å². The van der Waals surface area contributed by atoms with Gasteiger partial charge in [-0.05, 0) is 43.5 Å². The molecule has 0 aliphatic carbocycles. The van der Waals surface area contributed by atoms with E-state index in [1.165, 1.54) is 11.4 Å². The van der Waals surface area contributed by atoms with Crippen LogP contribution in [0.25, 0.3) is 0 Å². The minimum atomic E-state index is -3.54. The molecule has 3 rings (SSSR count). The van der Waals surface area contributed by atoms with Gasteiger partial charge in [-0.2, -0.15) is 4.31 Å². The molecule has 0 bridgehead atoms. The molecule has 0 saturated carbocycles. The van der Waals surface area contributed by atoms with E-state index in [2.05, 4.69) is 10.3 Å². The summed E-state index contributed by atoms with van der Waals surface area (Å²) in [7, 11) is -2.01. The predicted molar refractivity (Wildman–Crippen MR) is 104 cm³/mol. The van der Waals surface area contributed by atoms with Crippen molar-refractivity contribution in [1.82, 2.24) is 19.2 Å². The first-order valence-corrected chi connectivity index (χ1v) is 10.8. The van der Waals surface area contributed by atoms with Gasteiger partial charge in [-0.1, -0.05) is 0 Å². The first kappa shape index (κ1) is 20.3. The summed E-state index contributed by atoms with van der Waals surface area (Å²) in [5.41, 5.74) is 0. The highest BCUT2D eigenvalue weighted by molar-refractivity contribution is 7.89. The van der Waals surface area contributed by atoms with Crippen molar-refractivity contribution in [2.24, 2.45) is 5.92 Å². The summed E-state index contributed by atoms with van der Waals surface area (Å²) in [5, 5.41) is 2.96. The summed E-state index contributed by atoms with van der Waals surface area (Å²) in [6.45, 7) is 2.10. The van der Waals surface area contributed by atoms with Gasteiger partial charge in [-0.15, -0.1) is 0 Å².